The van der Waals surface area contributed by atoms with Crippen LogP contribution in [0.3, 0.4) is 0 Å². The van der Waals surface area contributed by atoms with Crippen molar-refractivity contribution < 1.29 is 4.79 Å². The molecule has 0 unspecified atom stereocenters. The van der Waals surface area contributed by atoms with Crippen LogP contribution in [0.4, 0.5) is 0 Å². The Balaban J connectivity index is 3.53. The molecule has 2 heteroatoms. The molecule has 0 amide bonds. The zero-order chi connectivity index (χ0) is 10.7. The van der Waals surface area contributed by atoms with Gasteiger partial charge in [0.1, 0.15) is 0 Å². The van der Waals surface area contributed by atoms with Gasteiger partial charge in [0.25, 0.3) is 0 Å². The maximum atomic E-state index is 11.4. The Labute approximate surface area is 84.2 Å². The van der Waals surface area contributed by atoms with E-state index in [0.29, 0.717) is 11.1 Å². The predicted octanol–water partition coefficient (Wildman–Crippen LogP) is 2.63. The molecule has 0 radical (unpaired) electrons. The Morgan fingerprint density at radius 1 is 1.50 bits per heavy atom. The van der Waals surface area contributed by atoms with Crippen molar-refractivity contribution in [2.45, 2.75) is 27.2 Å². The molecular weight excluding hydrogens is 174 g/mol. The van der Waals surface area contributed by atoms with Crippen LogP contribution >= 0.6 is 0 Å². The number of Topliss-reactive ketones (excluding diaryl/α,β-unsaturated/α-hetero) is 1. The maximum Gasteiger partial charge on any atom is 0.160 e. The van der Waals surface area contributed by atoms with E-state index >= 15 is 0 Å². The van der Waals surface area contributed by atoms with Crippen LogP contribution in [0, 0.1) is 18.3 Å². The highest BCUT2D eigenvalue weighted by molar-refractivity contribution is 5.97. The van der Waals surface area contributed by atoms with Gasteiger partial charge in [0.2, 0.25) is 0 Å². The zero-order valence-electron chi connectivity index (χ0n) is 8.72. The highest BCUT2D eigenvalue weighted by atomic mass is 16.1. The molecular formula is C12H13NO. The van der Waals surface area contributed by atoms with Crippen LogP contribution in [0.25, 0.3) is 0 Å². The quantitative estimate of drug-likeness (QED) is 0.668. The molecule has 2 nitrogen and oxygen atoms in total. The highest BCUT2D eigenvalue weighted by Gasteiger charge is 2.12. The minimum absolute atomic E-state index is 0.0384. The molecule has 0 saturated carbocycles. The topological polar surface area (TPSA) is 40.9 Å². The molecule has 0 aliphatic heterocycles. The van der Waals surface area contributed by atoms with Gasteiger partial charge in [-0.15, -0.1) is 0 Å². The molecule has 0 aliphatic carbocycles. The molecule has 14 heavy (non-hydrogen) atoms. The summed E-state index contributed by atoms with van der Waals surface area (Å²) >= 11 is 0. The minimum atomic E-state index is 0.0384. The lowest BCUT2D eigenvalue weighted by Gasteiger charge is -2.09. The Morgan fingerprint density at radius 2 is 2.14 bits per heavy atom. The van der Waals surface area contributed by atoms with Crippen molar-refractivity contribution in [1.82, 2.24) is 0 Å². The first-order valence-corrected chi connectivity index (χ1v) is 4.65. The van der Waals surface area contributed by atoms with Gasteiger partial charge in [0.15, 0.2) is 5.78 Å². The van der Waals surface area contributed by atoms with Crippen LogP contribution < -0.4 is 0 Å². The van der Waals surface area contributed by atoms with Crippen molar-refractivity contribution in [3.8, 4) is 6.07 Å². The Morgan fingerprint density at radius 3 is 2.57 bits per heavy atom. The van der Waals surface area contributed by atoms with Crippen LogP contribution in [0.5, 0.6) is 0 Å². The van der Waals surface area contributed by atoms with Crippen molar-refractivity contribution >= 4 is 5.78 Å². The van der Waals surface area contributed by atoms with Gasteiger partial charge in [-0.2, -0.15) is 5.26 Å². The largest absolute Gasteiger partial charge is 0.294 e. The Bertz CT molecular complexity index is 413. The highest BCUT2D eigenvalue weighted by Crippen LogP contribution is 2.19. The number of ketones is 1. The SMILES string of the molecule is CCc1c(C#N)ccc(C)c1C(C)=O. The van der Waals surface area contributed by atoms with Gasteiger partial charge in [-0.1, -0.05) is 13.0 Å². The van der Waals surface area contributed by atoms with E-state index < -0.39 is 0 Å². The number of carbonyl (C=O) groups is 1. The lowest BCUT2D eigenvalue weighted by atomic mass is 9.93. The Kier molecular flexibility index (Phi) is 3.03. The van der Waals surface area contributed by atoms with E-state index in [9.17, 15) is 4.79 Å². The minimum Gasteiger partial charge on any atom is -0.294 e. The third-order valence-electron chi connectivity index (χ3n) is 2.35. The van der Waals surface area contributed by atoms with E-state index in [4.69, 9.17) is 5.26 Å². The monoisotopic (exact) mass is 187 g/mol. The molecule has 0 heterocycles. The lowest BCUT2D eigenvalue weighted by Crippen LogP contribution is -2.04. The molecule has 0 fully saturated rings. The summed E-state index contributed by atoms with van der Waals surface area (Å²) in [5.74, 6) is 0.0384. The molecule has 1 rings (SSSR count). The van der Waals surface area contributed by atoms with Crippen LogP contribution in [-0.2, 0) is 6.42 Å². The van der Waals surface area contributed by atoms with Gasteiger partial charge >= 0.3 is 0 Å². The number of benzene rings is 1. The maximum absolute atomic E-state index is 11.4. The molecule has 0 spiro atoms. The normalized spacial score (nSPS) is 9.57. The number of carbonyl (C=O) groups excluding carboxylic acids is 1. The first-order chi connectivity index (χ1) is 6.61. The second kappa shape index (κ2) is 4.06. The molecule has 0 saturated heterocycles. The number of nitriles is 1. The van der Waals surface area contributed by atoms with E-state index in [1.807, 2.05) is 19.9 Å². The summed E-state index contributed by atoms with van der Waals surface area (Å²) in [7, 11) is 0. The van der Waals surface area contributed by atoms with Crippen LogP contribution in [0.2, 0.25) is 0 Å². The van der Waals surface area contributed by atoms with Crippen molar-refractivity contribution in [2.75, 3.05) is 0 Å². The molecule has 0 atom stereocenters. The van der Waals surface area contributed by atoms with Gasteiger partial charge < -0.3 is 0 Å². The van der Waals surface area contributed by atoms with Gasteiger partial charge in [-0.25, -0.2) is 0 Å². The van der Waals surface area contributed by atoms with Crippen molar-refractivity contribution in [3.63, 3.8) is 0 Å². The van der Waals surface area contributed by atoms with Crippen molar-refractivity contribution in [2.24, 2.45) is 0 Å². The standard InChI is InChI=1S/C12H13NO/c1-4-11-10(7-13)6-5-8(2)12(11)9(3)14/h5-6H,4H2,1-3H3. The summed E-state index contributed by atoms with van der Waals surface area (Å²) in [6.45, 7) is 5.40. The molecule has 0 N–H and O–H groups in total. The van der Waals surface area contributed by atoms with Gasteiger partial charge in [0.05, 0.1) is 11.6 Å². The van der Waals surface area contributed by atoms with E-state index in [-0.39, 0.29) is 5.78 Å². The van der Waals surface area contributed by atoms with E-state index in [1.54, 1.807) is 13.0 Å². The predicted molar refractivity (Wildman–Crippen MR) is 55.3 cm³/mol. The first-order valence-electron chi connectivity index (χ1n) is 4.65. The third kappa shape index (κ3) is 1.67. The average Bonchev–Trinajstić information content (AvgIpc) is 2.16. The zero-order valence-corrected chi connectivity index (χ0v) is 8.72. The van der Waals surface area contributed by atoms with Crippen LogP contribution in [-0.4, -0.2) is 5.78 Å². The number of aryl methyl sites for hydroxylation is 1. The molecule has 72 valence electrons. The second-order valence-electron chi connectivity index (χ2n) is 3.31. The van der Waals surface area contributed by atoms with Crippen LogP contribution in [0.15, 0.2) is 12.1 Å². The summed E-state index contributed by atoms with van der Waals surface area (Å²) in [6, 6.07) is 5.72. The number of hydrogen-bond acceptors (Lipinski definition) is 2. The summed E-state index contributed by atoms with van der Waals surface area (Å²) in [4.78, 5) is 11.4. The molecule has 0 bridgehead atoms. The fourth-order valence-corrected chi connectivity index (χ4v) is 1.73. The summed E-state index contributed by atoms with van der Waals surface area (Å²) in [5.41, 5.74) is 3.16. The molecule has 1 aromatic rings. The lowest BCUT2D eigenvalue weighted by molar-refractivity contribution is 0.101. The third-order valence-corrected chi connectivity index (χ3v) is 2.35. The first kappa shape index (κ1) is 10.5. The number of nitrogens with zero attached hydrogens (tertiary/aromatic N) is 1. The van der Waals surface area contributed by atoms with Gasteiger partial charge in [0, 0.05) is 5.56 Å². The van der Waals surface area contributed by atoms with E-state index in [0.717, 1.165) is 17.5 Å². The smallest absolute Gasteiger partial charge is 0.160 e. The fourth-order valence-electron chi connectivity index (χ4n) is 1.73. The van der Waals surface area contributed by atoms with Crippen molar-refractivity contribution in [3.05, 3.63) is 34.4 Å². The molecule has 1 aromatic carbocycles. The average molecular weight is 187 g/mol. The number of rotatable bonds is 2. The van der Waals surface area contributed by atoms with E-state index in [1.165, 1.54) is 0 Å². The van der Waals surface area contributed by atoms with Crippen molar-refractivity contribution in [1.29, 1.82) is 5.26 Å². The number of hydrogen-bond donors (Lipinski definition) is 0. The van der Waals surface area contributed by atoms with E-state index in [2.05, 4.69) is 6.07 Å². The molecule has 0 aromatic heterocycles. The van der Waals surface area contributed by atoms with Gasteiger partial charge in [-0.05, 0) is 37.5 Å². The molecule has 0 aliphatic rings. The Hall–Kier alpha value is -1.62. The summed E-state index contributed by atoms with van der Waals surface area (Å²) in [5, 5.41) is 8.89. The van der Waals surface area contributed by atoms with Gasteiger partial charge in [-0.3, -0.25) is 4.79 Å². The van der Waals surface area contributed by atoms with Crippen LogP contribution in [0.1, 0.15) is 40.9 Å². The summed E-state index contributed by atoms with van der Waals surface area (Å²) < 4.78 is 0. The second-order valence-corrected chi connectivity index (χ2v) is 3.31. The fraction of sp³-hybridized carbons (Fsp3) is 0.333. The summed E-state index contributed by atoms with van der Waals surface area (Å²) in [6.07, 6.45) is 0.722.